The van der Waals surface area contributed by atoms with Crippen molar-refractivity contribution in [2.24, 2.45) is 0 Å². The van der Waals surface area contributed by atoms with Gasteiger partial charge in [-0.2, -0.15) is 0 Å². The summed E-state index contributed by atoms with van der Waals surface area (Å²) in [6, 6.07) is 0. The molecule has 0 saturated heterocycles. The molecule has 2 heteroatoms. The van der Waals surface area contributed by atoms with E-state index in [0.29, 0.717) is 6.42 Å². The van der Waals surface area contributed by atoms with Crippen LogP contribution in [-0.2, 0) is 4.79 Å². The molecule has 0 spiro atoms. The summed E-state index contributed by atoms with van der Waals surface area (Å²) >= 11 is 0. The normalized spacial score (nSPS) is 12.4. The Morgan fingerprint density at radius 2 is 0.840 bits per heavy atom. The van der Waals surface area contributed by atoms with E-state index < -0.39 is 6.10 Å². The van der Waals surface area contributed by atoms with Gasteiger partial charge in [0, 0.05) is 0 Å². The van der Waals surface area contributed by atoms with E-state index in [1.54, 1.807) is 6.29 Å². The summed E-state index contributed by atoms with van der Waals surface area (Å²) < 4.78 is 0. The lowest BCUT2D eigenvalue weighted by Crippen LogP contribution is -2.06. The van der Waals surface area contributed by atoms with Crippen LogP contribution in [-0.4, -0.2) is 17.5 Å². The highest BCUT2D eigenvalue weighted by Gasteiger charge is 2.01. The van der Waals surface area contributed by atoms with Crippen molar-refractivity contribution in [3.05, 3.63) is 0 Å². The standard InChI is InChI=1S/C23H45O2/c1-2-3-4-5-6-7-8-9-10-11-12-13-14-15-16-17-18-19-20-21-23(25)22-24/h23,25H,2-21H2,1H3. The molecule has 25 heavy (non-hydrogen) atoms. The number of carbonyl (C=O) groups excluding carboxylic acids is 1. The molecule has 0 fully saturated rings. The Labute approximate surface area is 158 Å². The van der Waals surface area contributed by atoms with Gasteiger partial charge in [-0.1, -0.05) is 129 Å². The number of aliphatic hydroxyl groups is 1. The van der Waals surface area contributed by atoms with Crippen molar-refractivity contribution in [2.75, 3.05) is 0 Å². The van der Waals surface area contributed by atoms with Crippen LogP contribution < -0.4 is 0 Å². The molecule has 0 aliphatic heterocycles. The SMILES string of the molecule is CCCCCCCCCCCCCCCCCCCCCC(O)[C]=O. The monoisotopic (exact) mass is 353 g/mol. The number of hydrogen-bond donors (Lipinski definition) is 1. The number of hydrogen-bond acceptors (Lipinski definition) is 2. The minimum Gasteiger partial charge on any atom is -0.385 e. The van der Waals surface area contributed by atoms with Crippen LogP contribution in [0.1, 0.15) is 135 Å². The van der Waals surface area contributed by atoms with Crippen LogP contribution in [0.4, 0.5) is 0 Å². The fourth-order valence-electron chi connectivity index (χ4n) is 3.48. The molecule has 2 nitrogen and oxygen atoms in total. The Hall–Kier alpha value is -0.370. The predicted molar refractivity (Wildman–Crippen MR) is 110 cm³/mol. The third-order valence-electron chi connectivity index (χ3n) is 5.22. The molecule has 0 rings (SSSR count). The largest absolute Gasteiger partial charge is 0.385 e. The first kappa shape index (κ1) is 24.6. The summed E-state index contributed by atoms with van der Waals surface area (Å²) in [4.78, 5) is 10.2. The molecule has 0 aromatic carbocycles. The van der Waals surface area contributed by atoms with Crippen molar-refractivity contribution >= 4 is 6.29 Å². The van der Waals surface area contributed by atoms with Crippen molar-refractivity contribution in [2.45, 2.75) is 141 Å². The maximum Gasteiger partial charge on any atom is 0.229 e. The molecule has 0 aromatic rings. The van der Waals surface area contributed by atoms with Crippen molar-refractivity contribution < 1.29 is 9.90 Å². The van der Waals surface area contributed by atoms with Gasteiger partial charge in [0.15, 0.2) is 0 Å². The highest BCUT2D eigenvalue weighted by atomic mass is 16.3. The molecule has 0 aromatic heterocycles. The quantitative estimate of drug-likeness (QED) is 0.220. The van der Waals surface area contributed by atoms with E-state index in [4.69, 9.17) is 5.11 Å². The molecule has 0 aliphatic rings. The summed E-state index contributed by atoms with van der Waals surface area (Å²) in [5, 5.41) is 9.08. The van der Waals surface area contributed by atoms with Gasteiger partial charge in [0.2, 0.25) is 6.29 Å². The molecule has 0 saturated carbocycles. The molecule has 1 N–H and O–H groups in total. The second-order valence-corrected chi connectivity index (χ2v) is 7.79. The van der Waals surface area contributed by atoms with Gasteiger partial charge in [-0.25, -0.2) is 0 Å². The van der Waals surface area contributed by atoms with Gasteiger partial charge in [-0.3, -0.25) is 4.79 Å². The van der Waals surface area contributed by atoms with Crippen molar-refractivity contribution in [3.63, 3.8) is 0 Å². The van der Waals surface area contributed by atoms with Crippen LogP contribution in [0.25, 0.3) is 0 Å². The van der Waals surface area contributed by atoms with Gasteiger partial charge in [0.1, 0.15) is 6.10 Å². The summed E-state index contributed by atoms with van der Waals surface area (Å²) in [7, 11) is 0. The van der Waals surface area contributed by atoms with Crippen LogP contribution in [0.15, 0.2) is 0 Å². The zero-order valence-corrected chi connectivity index (χ0v) is 17.1. The molecule has 1 unspecified atom stereocenters. The molecule has 149 valence electrons. The van der Waals surface area contributed by atoms with Crippen LogP contribution in [0.2, 0.25) is 0 Å². The summed E-state index contributed by atoms with van der Waals surface area (Å²) in [5.41, 5.74) is 0. The summed E-state index contributed by atoms with van der Waals surface area (Å²) in [5.74, 6) is 0. The Bertz CT molecular complexity index is 252. The summed E-state index contributed by atoms with van der Waals surface area (Å²) in [6.45, 7) is 2.28. The number of aliphatic hydroxyl groups excluding tert-OH is 1. The number of unbranched alkanes of at least 4 members (excludes halogenated alkanes) is 18. The van der Waals surface area contributed by atoms with Crippen LogP contribution >= 0.6 is 0 Å². The zero-order chi connectivity index (χ0) is 18.4. The Morgan fingerprint density at radius 3 is 1.12 bits per heavy atom. The number of rotatable bonds is 21. The lowest BCUT2D eigenvalue weighted by atomic mass is 10.0. The third kappa shape index (κ3) is 21.6. The van der Waals surface area contributed by atoms with E-state index in [0.717, 1.165) is 12.8 Å². The van der Waals surface area contributed by atoms with Crippen molar-refractivity contribution in [1.82, 2.24) is 0 Å². The van der Waals surface area contributed by atoms with Crippen LogP contribution in [0, 0.1) is 0 Å². The second-order valence-electron chi connectivity index (χ2n) is 7.79. The van der Waals surface area contributed by atoms with Gasteiger partial charge in [-0.15, -0.1) is 0 Å². The van der Waals surface area contributed by atoms with E-state index in [9.17, 15) is 4.79 Å². The van der Waals surface area contributed by atoms with Gasteiger partial charge < -0.3 is 5.11 Å². The Kier molecular flexibility index (Phi) is 21.4. The maximum atomic E-state index is 10.2. The van der Waals surface area contributed by atoms with Crippen LogP contribution in [0.5, 0.6) is 0 Å². The molecule has 0 heterocycles. The first-order chi connectivity index (χ1) is 12.3. The van der Waals surface area contributed by atoms with Gasteiger partial charge in [-0.05, 0) is 6.42 Å². The molecular weight excluding hydrogens is 308 g/mol. The van der Waals surface area contributed by atoms with Crippen molar-refractivity contribution in [3.8, 4) is 0 Å². The fraction of sp³-hybridized carbons (Fsp3) is 0.957. The first-order valence-electron chi connectivity index (χ1n) is 11.4. The minimum atomic E-state index is -0.856. The zero-order valence-electron chi connectivity index (χ0n) is 17.1. The van der Waals surface area contributed by atoms with E-state index in [-0.39, 0.29) is 0 Å². The molecule has 1 radical (unpaired) electrons. The molecule has 0 bridgehead atoms. The fourth-order valence-corrected chi connectivity index (χ4v) is 3.48. The van der Waals surface area contributed by atoms with Gasteiger partial charge in [0.25, 0.3) is 0 Å². The molecule has 0 aliphatic carbocycles. The topological polar surface area (TPSA) is 37.3 Å². The molecular formula is C23H45O2. The van der Waals surface area contributed by atoms with Gasteiger partial charge in [0.05, 0.1) is 0 Å². The lowest BCUT2D eigenvalue weighted by Gasteiger charge is -2.04. The molecule has 1 atom stereocenters. The second kappa shape index (κ2) is 21.7. The van der Waals surface area contributed by atoms with Crippen molar-refractivity contribution in [1.29, 1.82) is 0 Å². The van der Waals surface area contributed by atoms with E-state index in [1.807, 2.05) is 0 Å². The van der Waals surface area contributed by atoms with Gasteiger partial charge >= 0.3 is 0 Å². The maximum absolute atomic E-state index is 10.2. The lowest BCUT2D eigenvalue weighted by molar-refractivity contribution is 0.219. The van der Waals surface area contributed by atoms with E-state index >= 15 is 0 Å². The van der Waals surface area contributed by atoms with E-state index in [1.165, 1.54) is 109 Å². The Morgan fingerprint density at radius 1 is 0.560 bits per heavy atom. The average Bonchev–Trinajstić information content (AvgIpc) is 2.63. The average molecular weight is 354 g/mol. The smallest absolute Gasteiger partial charge is 0.229 e. The van der Waals surface area contributed by atoms with E-state index in [2.05, 4.69) is 6.92 Å². The first-order valence-corrected chi connectivity index (χ1v) is 11.4. The highest BCUT2D eigenvalue weighted by molar-refractivity contribution is 5.56. The Balaban J connectivity index is 2.99. The third-order valence-corrected chi connectivity index (χ3v) is 5.22. The van der Waals surface area contributed by atoms with Crippen LogP contribution in [0.3, 0.4) is 0 Å². The minimum absolute atomic E-state index is 0.586. The summed E-state index contributed by atoms with van der Waals surface area (Å²) in [6.07, 6.45) is 27.3. The molecule has 0 amide bonds. The predicted octanol–water partition coefficient (Wildman–Crippen LogP) is 7.28. The highest BCUT2D eigenvalue weighted by Crippen LogP contribution is 2.14.